The second-order valence-corrected chi connectivity index (χ2v) is 7.95. The number of aliphatic hydroxyl groups excluding tert-OH is 1. The second kappa shape index (κ2) is 8.25. The van der Waals surface area contributed by atoms with Crippen molar-refractivity contribution in [3.63, 3.8) is 0 Å². The average Bonchev–Trinajstić information content (AvgIpc) is 2.83. The summed E-state index contributed by atoms with van der Waals surface area (Å²) in [5.41, 5.74) is 6.92. The Morgan fingerprint density at radius 3 is 2.47 bits per heavy atom. The van der Waals surface area contributed by atoms with E-state index in [0.29, 0.717) is 5.69 Å². The third-order valence-corrected chi connectivity index (χ3v) is 6.14. The molecule has 1 N–H and O–H groups in total. The van der Waals surface area contributed by atoms with E-state index in [1.165, 1.54) is 47.6 Å². The second-order valence-electron chi connectivity index (χ2n) is 7.95. The molecule has 2 heteroatoms. The fourth-order valence-electron chi connectivity index (χ4n) is 4.60. The molecule has 0 aliphatic heterocycles. The summed E-state index contributed by atoms with van der Waals surface area (Å²) in [5.74, 6) is 0. The molecule has 0 bridgehead atoms. The molecule has 2 aliphatic carbocycles. The fraction of sp³-hybridized carbons (Fsp3) is 0.179. The molecule has 2 aliphatic rings. The lowest BCUT2D eigenvalue weighted by molar-refractivity contribution is 0.277. The van der Waals surface area contributed by atoms with Gasteiger partial charge in [-0.3, -0.25) is 4.98 Å². The molecule has 0 saturated carbocycles. The highest BCUT2D eigenvalue weighted by molar-refractivity contribution is 5.93. The van der Waals surface area contributed by atoms with Crippen molar-refractivity contribution in [2.24, 2.45) is 0 Å². The van der Waals surface area contributed by atoms with Gasteiger partial charge >= 0.3 is 0 Å². The van der Waals surface area contributed by atoms with Crippen molar-refractivity contribution in [3.8, 4) is 0 Å². The van der Waals surface area contributed by atoms with Gasteiger partial charge in [-0.25, -0.2) is 0 Å². The minimum Gasteiger partial charge on any atom is -0.390 e. The SMILES string of the molecule is C1=CC2=C(CC1)CCc1c2ccc2ccccc12.OCc1cc2ccccc2cn1. The molecule has 30 heavy (non-hydrogen) atoms. The van der Waals surface area contributed by atoms with E-state index in [-0.39, 0.29) is 6.61 Å². The molecule has 0 unspecified atom stereocenters. The van der Waals surface area contributed by atoms with Crippen LogP contribution in [0, 0.1) is 0 Å². The Labute approximate surface area is 177 Å². The zero-order valence-corrected chi connectivity index (χ0v) is 17.0. The fourth-order valence-corrected chi connectivity index (χ4v) is 4.60. The van der Waals surface area contributed by atoms with E-state index in [0.717, 1.165) is 10.8 Å². The molecule has 0 atom stereocenters. The number of pyridine rings is 1. The largest absolute Gasteiger partial charge is 0.390 e. The summed E-state index contributed by atoms with van der Waals surface area (Å²) in [4.78, 5) is 4.08. The van der Waals surface area contributed by atoms with Gasteiger partial charge in [0.1, 0.15) is 0 Å². The Hall–Kier alpha value is -3.23. The van der Waals surface area contributed by atoms with Crippen LogP contribution in [-0.2, 0) is 13.0 Å². The highest BCUT2D eigenvalue weighted by Crippen LogP contribution is 2.39. The van der Waals surface area contributed by atoms with Crippen LogP contribution < -0.4 is 0 Å². The van der Waals surface area contributed by atoms with Crippen molar-refractivity contribution in [2.75, 3.05) is 0 Å². The molecule has 2 nitrogen and oxygen atoms in total. The van der Waals surface area contributed by atoms with Crippen molar-refractivity contribution in [3.05, 3.63) is 107 Å². The number of hydrogen-bond acceptors (Lipinski definition) is 2. The molecule has 0 saturated heterocycles. The molecule has 1 heterocycles. The number of benzene rings is 3. The Morgan fingerprint density at radius 1 is 0.800 bits per heavy atom. The molecule has 0 radical (unpaired) electrons. The van der Waals surface area contributed by atoms with Gasteiger partial charge in [0.05, 0.1) is 12.3 Å². The van der Waals surface area contributed by atoms with Crippen LogP contribution in [0.3, 0.4) is 0 Å². The zero-order chi connectivity index (χ0) is 20.3. The van der Waals surface area contributed by atoms with E-state index < -0.39 is 0 Å². The first-order valence-corrected chi connectivity index (χ1v) is 10.7. The lowest BCUT2D eigenvalue weighted by atomic mass is 9.80. The maximum absolute atomic E-state index is 8.83. The number of nitrogens with zero attached hydrogens (tertiary/aromatic N) is 1. The van der Waals surface area contributed by atoms with Crippen LogP contribution >= 0.6 is 0 Å². The Kier molecular flexibility index (Phi) is 5.17. The Balaban J connectivity index is 0.000000140. The van der Waals surface area contributed by atoms with Crippen molar-refractivity contribution in [2.45, 2.75) is 32.3 Å². The molecule has 0 spiro atoms. The molecule has 148 valence electrons. The summed E-state index contributed by atoms with van der Waals surface area (Å²) in [6.45, 7) is 0.00480. The number of aliphatic hydroxyl groups is 1. The minimum atomic E-state index is 0.00480. The standard InChI is InChI=1S/C18H16.C10H9NO/c1-3-7-15-13(5-1)9-11-18-16-8-4-2-6-14(16)10-12-17(15)18;12-7-10-5-8-3-1-2-4-9(8)6-11-10/h1,3-5,7-9,11H,2,6,10,12H2;1-6,12H,7H2. The number of aromatic nitrogens is 1. The summed E-state index contributed by atoms with van der Waals surface area (Å²) in [7, 11) is 0. The van der Waals surface area contributed by atoms with Crippen LogP contribution in [-0.4, -0.2) is 10.1 Å². The van der Waals surface area contributed by atoms with Gasteiger partial charge in [-0.05, 0) is 64.6 Å². The van der Waals surface area contributed by atoms with Crippen molar-refractivity contribution in [1.29, 1.82) is 0 Å². The van der Waals surface area contributed by atoms with Crippen LogP contribution in [0.25, 0.3) is 27.1 Å². The lowest BCUT2D eigenvalue weighted by Gasteiger charge is -2.25. The predicted octanol–water partition coefficient (Wildman–Crippen LogP) is 6.62. The van der Waals surface area contributed by atoms with E-state index in [4.69, 9.17) is 5.11 Å². The quantitative estimate of drug-likeness (QED) is 0.396. The summed E-state index contributed by atoms with van der Waals surface area (Å²) in [5, 5.41) is 13.9. The van der Waals surface area contributed by atoms with Crippen molar-refractivity contribution < 1.29 is 5.11 Å². The highest BCUT2D eigenvalue weighted by atomic mass is 16.3. The normalized spacial score (nSPS) is 14.8. The van der Waals surface area contributed by atoms with Gasteiger partial charge in [-0.15, -0.1) is 0 Å². The molecule has 1 aromatic heterocycles. The number of aryl methyl sites for hydroxylation is 1. The van der Waals surface area contributed by atoms with Crippen molar-refractivity contribution in [1.82, 2.24) is 4.98 Å². The van der Waals surface area contributed by atoms with E-state index in [9.17, 15) is 0 Å². The number of hydrogen-bond donors (Lipinski definition) is 1. The van der Waals surface area contributed by atoms with Gasteiger partial charge in [-0.2, -0.15) is 0 Å². The van der Waals surface area contributed by atoms with Crippen LogP contribution in [0.5, 0.6) is 0 Å². The summed E-state index contributed by atoms with van der Waals surface area (Å²) in [6, 6.07) is 23.2. The van der Waals surface area contributed by atoms with Gasteiger partial charge in [0.15, 0.2) is 0 Å². The van der Waals surface area contributed by atoms with Gasteiger partial charge in [0.25, 0.3) is 0 Å². The summed E-state index contributed by atoms with van der Waals surface area (Å²) >= 11 is 0. The van der Waals surface area contributed by atoms with Crippen LogP contribution in [0.15, 0.2) is 90.7 Å². The molecule has 4 aromatic rings. The van der Waals surface area contributed by atoms with Gasteiger partial charge in [0.2, 0.25) is 0 Å². The van der Waals surface area contributed by atoms with Crippen LogP contribution in [0.4, 0.5) is 0 Å². The molecule has 3 aromatic carbocycles. The van der Waals surface area contributed by atoms with E-state index >= 15 is 0 Å². The first kappa shape index (κ1) is 18.8. The lowest BCUT2D eigenvalue weighted by Crippen LogP contribution is -2.06. The predicted molar refractivity (Wildman–Crippen MR) is 125 cm³/mol. The highest BCUT2D eigenvalue weighted by Gasteiger charge is 2.20. The van der Waals surface area contributed by atoms with Gasteiger partial charge in [0, 0.05) is 11.6 Å². The third-order valence-electron chi connectivity index (χ3n) is 6.14. The maximum atomic E-state index is 8.83. The topological polar surface area (TPSA) is 33.1 Å². The molecular weight excluding hydrogens is 366 g/mol. The maximum Gasteiger partial charge on any atom is 0.0853 e. The monoisotopic (exact) mass is 391 g/mol. The third kappa shape index (κ3) is 3.55. The van der Waals surface area contributed by atoms with E-state index in [2.05, 4.69) is 53.5 Å². The first-order valence-electron chi connectivity index (χ1n) is 10.7. The van der Waals surface area contributed by atoms with E-state index in [1.54, 1.807) is 17.3 Å². The van der Waals surface area contributed by atoms with Crippen molar-refractivity contribution >= 4 is 27.1 Å². The molecule has 6 rings (SSSR count). The zero-order valence-electron chi connectivity index (χ0n) is 17.0. The van der Waals surface area contributed by atoms with Gasteiger partial charge in [-0.1, -0.05) is 78.4 Å². The number of fused-ring (bicyclic) bond motifs is 5. The summed E-state index contributed by atoms with van der Waals surface area (Å²) < 4.78 is 0. The van der Waals surface area contributed by atoms with Crippen LogP contribution in [0.1, 0.15) is 36.1 Å². The Bertz CT molecular complexity index is 1280. The number of allylic oxidation sites excluding steroid dienone is 4. The minimum absolute atomic E-state index is 0.00480. The molecule has 0 fully saturated rings. The Morgan fingerprint density at radius 2 is 1.60 bits per heavy atom. The smallest absolute Gasteiger partial charge is 0.0853 e. The molecule has 0 amide bonds. The molecular formula is C28H25NO. The first-order chi connectivity index (χ1) is 14.8. The van der Waals surface area contributed by atoms with Gasteiger partial charge < -0.3 is 5.11 Å². The average molecular weight is 392 g/mol. The van der Waals surface area contributed by atoms with Crippen LogP contribution in [0.2, 0.25) is 0 Å². The van der Waals surface area contributed by atoms with E-state index in [1.807, 2.05) is 30.3 Å². The number of rotatable bonds is 1. The summed E-state index contributed by atoms with van der Waals surface area (Å²) in [6.07, 6.45) is 11.4.